The molecule has 0 aliphatic carbocycles. The summed E-state index contributed by atoms with van der Waals surface area (Å²) < 4.78 is 12.9. The average molecular weight is 344 g/mol. The molecule has 0 amide bonds. The van der Waals surface area contributed by atoms with Crippen molar-refractivity contribution in [2.45, 2.75) is 45.8 Å². The number of rotatable bonds is 5. The zero-order chi connectivity index (χ0) is 17.9. The summed E-state index contributed by atoms with van der Waals surface area (Å²) >= 11 is 0. The molecular weight excluding hydrogens is 320 g/mol. The van der Waals surface area contributed by atoms with E-state index < -0.39 is 11.0 Å². The molecule has 1 unspecified atom stereocenters. The summed E-state index contributed by atoms with van der Waals surface area (Å²) in [6, 6.07) is 3.88. The predicted molar refractivity (Wildman–Crippen MR) is 90.8 cm³/mol. The van der Waals surface area contributed by atoms with Gasteiger partial charge in [-0.3, -0.25) is 9.78 Å². The maximum Gasteiger partial charge on any atom is 0.315 e. The first-order chi connectivity index (χ1) is 11.9. The number of nitrogens with zero attached hydrogens (tertiary/aromatic N) is 4. The van der Waals surface area contributed by atoms with Crippen LogP contribution in [-0.4, -0.2) is 44.8 Å². The fraction of sp³-hybridized carbons (Fsp3) is 0.556. The largest absolute Gasteiger partial charge is 0.459 e. The molecule has 2 aromatic heterocycles. The van der Waals surface area contributed by atoms with Crippen LogP contribution in [0.5, 0.6) is 0 Å². The Hall–Kier alpha value is -2.28. The van der Waals surface area contributed by atoms with Crippen molar-refractivity contribution in [3.8, 4) is 0 Å². The van der Waals surface area contributed by atoms with Crippen molar-refractivity contribution < 1.29 is 14.3 Å². The Labute approximate surface area is 147 Å². The molecule has 7 heteroatoms. The van der Waals surface area contributed by atoms with Gasteiger partial charge in [-0.1, -0.05) is 11.3 Å². The summed E-state index contributed by atoms with van der Waals surface area (Å²) in [7, 11) is 0. The molecule has 7 nitrogen and oxygen atoms in total. The molecule has 0 radical (unpaired) electrons. The molecule has 134 valence electrons. The quantitative estimate of drug-likeness (QED) is 0.772. The first kappa shape index (κ1) is 17.5. The van der Waals surface area contributed by atoms with Gasteiger partial charge in [0.2, 0.25) is 0 Å². The van der Waals surface area contributed by atoms with Crippen molar-refractivity contribution >= 4 is 5.97 Å². The lowest BCUT2D eigenvalue weighted by Gasteiger charge is -2.29. The lowest BCUT2D eigenvalue weighted by molar-refractivity contribution is -0.167. The fourth-order valence-corrected chi connectivity index (χ4v) is 2.89. The molecule has 3 heterocycles. The van der Waals surface area contributed by atoms with E-state index in [0.29, 0.717) is 32.6 Å². The third kappa shape index (κ3) is 4.42. The number of hydrogen-bond donors (Lipinski definition) is 0. The number of esters is 1. The van der Waals surface area contributed by atoms with E-state index in [1.54, 1.807) is 17.1 Å². The summed E-state index contributed by atoms with van der Waals surface area (Å²) in [5.74, 6) is -0.223. The highest BCUT2D eigenvalue weighted by Crippen LogP contribution is 2.35. The van der Waals surface area contributed by atoms with Gasteiger partial charge in [0, 0.05) is 31.6 Å². The first-order valence-electron chi connectivity index (χ1n) is 8.45. The summed E-state index contributed by atoms with van der Waals surface area (Å²) in [4.78, 5) is 16.8. The molecule has 0 N–H and O–H groups in total. The molecule has 1 atom stereocenters. The molecule has 2 aromatic rings. The van der Waals surface area contributed by atoms with Crippen molar-refractivity contribution in [3.05, 3.63) is 42.0 Å². The highest BCUT2D eigenvalue weighted by molar-refractivity contribution is 5.78. The predicted octanol–water partition coefficient (Wildman–Crippen LogP) is 2.01. The minimum atomic E-state index is -0.678. The van der Waals surface area contributed by atoms with Crippen LogP contribution in [0.4, 0.5) is 0 Å². The maximum absolute atomic E-state index is 12.7. The lowest BCUT2D eigenvalue weighted by Crippen LogP contribution is -2.40. The second-order valence-corrected chi connectivity index (χ2v) is 7.53. The van der Waals surface area contributed by atoms with Gasteiger partial charge in [-0.05, 0) is 38.8 Å². The number of hydrogen-bond acceptors (Lipinski definition) is 6. The summed E-state index contributed by atoms with van der Waals surface area (Å²) in [6.07, 6.45) is 6.51. The molecule has 3 rings (SSSR count). The van der Waals surface area contributed by atoms with E-state index in [0.717, 1.165) is 11.3 Å². The van der Waals surface area contributed by atoms with E-state index in [9.17, 15) is 4.79 Å². The SMILES string of the molecule is CC(C)(C)OC(=O)C1(Cc2cn(Cc3cccnc3)nn2)CCOC1. The molecule has 0 spiro atoms. The van der Waals surface area contributed by atoms with E-state index in [-0.39, 0.29) is 5.97 Å². The number of carbonyl (C=O) groups excluding carboxylic acids is 1. The highest BCUT2D eigenvalue weighted by Gasteiger charge is 2.45. The molecule has 1 aliphatic heterocycles. The first-order valence-corrected chi connectivity index (χ1v) is 8.45. The van der Waals surface area contributed by atoms with Gasteiger partial charge in [-0.25, -0.2) is 4.68 Å². The average Bonchev–Trinajstić information content (AvgIpc) is 3.18. The second kappa shape index (κ2) is 6.92. The summed E-state index contributed by atoms with van der Waals surface area (Å²) in [5, 5.41) is 8.39. The smallest absolute Gasteiger partial charge is 0.315 e. The van der Waals surface area contributed by atoms with E-state index in [2.05, 4.69) is 15.3 Å². The zero-order valence-electron chi connectivity index (χ0n) is 14.9. The van der Waals surface area contributed by atoms with Gasteiger partial charge in [0.15, 0.2) is 0 Å². The van der Waals surface area contributed by atoms with E-state index in [4.69, 9.17) is 9.47 Å². The fourth-order valence-electron chi connectivity index (χ4n) is 2.89. The Kier molecular flexibility index (Phi) is 4.85. The topological polar surface area (TPSA) is 79.1 Å². The van der Waals surface area contributed by atoms with Crippen molar-refractivity contribution in [2.75, 3.05) is 13.2 Å². The van der Waals surface area contributed by atoms with Crippen LogP contribution < -0.4 is 0 Å². The molecule has 0 bridgehead atoms. The van der Waals surface area contributed by atoms with E-state index in [1.807, 2.05) is 39.1 Å². The number of aromatic nitrogens is 4. The standard InChI is InChI=1S/C18H24N4O3/c1-17(2,3)25-16(23)18(6-8-24-13-18)9-15-12-22(21-20-15)11-14-5-4-7-19-10-14/h4-5,7,10,12H,6,8-9,11,13H2,1-3H3. The molecule has 0 saturated carbocycles. The van der Waals surface area contributed by atoms with E-state index >= 15 is 0 Å². The molecule has 1 saturated heterocycles. The minimum Gasteiger partial charge on any atom is -0.459 e. The Balaban J connectivity index is 1.72. The number of ether oxygens (including phenoxy) is 2. The minimum absolute atomic E-state index is 0.223. The van der Waals surface area contributed by atoms with E-state index in [1.165, 1.54) is 0 Å². The highest BCUT2D eigenvalue weighted by atomic mass is 16.6. The van der Waals surface area contributed by atoms with Crippen LogP contribution in [0.2, 0.25) is 0 Å². The third-order valence-electron chi connectivity index (χ3n) is 4.11. The van der Waals surface area contributed by atoms with Crippen molar-refractivity contribution in [3.63, 3.8) is 0 Å². The summed E-state index contributed by atoms with van der Waals surface area (Å²) in [5.41, 5.74) is 0.609. The maximum atomic E-state index is 12.7. The third-order valence-corrected chi connectivity index (χ3v) is 4.11. The van der Waals surface area contributed by atoms with Gasteiger partial charge in [-0.15, -0.1) is 5.10 Å². The van der Waals surface area contributed by atoms with Crippen LogP contribution in [0.3, 0.4) is 0 Å². The van der Waals surface area contributed by atoms with Gasteiger partial charge in [-0.2, -0.15) is 0 Å². The summed E-state index contributed by atoms with van der Waals surface area (Å²) in [6.45, 7) is 7.13. The molecule has 1 fully saturated rings. The molecule has 0 aromatic carbocycles. The lowest BCUT2D eigenvalue weighted by atomic mass is 9.82. The van der Waals surface area contributed by atoms with Crippen LogP contribution in [-0.2, 0) is 27.2 Å². The van der Waals surface area contributed by atoms with Gasteiger partial charge >= 0.3 is 5.97 Å². The monoisotopic (exact) mass is 344 g/mol. The Morgan fingerprint density at radius 3 is 2.92 bits per heavy atom. The molecule has 1 aliphatic rings. The van der Waals surface area contributed by atoms with Crippen LogP contribution in [0.1, 0.15) is 38.4 Å². The molecule has 25 heavy (non-hydrogen) atoms. The number of carbonyl (C=O) groups is 1. The Morgan fingerprint density at radius 1 is 1.44 bits per heavy atom. The van der Waals surface area contributed by atoms with Crippen LogP contribution in [0.25, 0.3) is 0 Å². The van der Waals surface area contributed by atoms with Crippen molar-refractivity contribution in [2.24, 2.45) is 5.41 Å². The van der Waals surface area contributed by atoms with Crippen LogP contribution in [0, 0.1) is 5.41 Å². The van der Waals surface area contributed by atoms with Gasteiger partial charge in [0.05, 0.1) is 24.3 Å². The second-order valence-electron chi connectivity index (χ2n) is 7.53. The van der Waals surface area contributed by atoms with Crippen molar-refractivity contribution in [1.82, 2.24) is 20.0 Å². The van der Waals surface area contributed by atoms with Gasteiger partial charge in [0.1, 0.15) is 5.60 Å². The normalized spacial score (nSPS) is 20.6. The zero-order valence-corrected chi connectivity index (χ0v) is 14.9. The Bertz CT molecular complexity index is 715. The van der Waals surface area contributed by atoms with Gasteiger partial charge in [0.25, 0.3) is 0 Å². The number of pyridine rings is 1. The molecular formula is C18H24N4O3. The van der Waals surface area contributed by atoms with Crippen molar-refractivity contribution in [1.29, 1.82) is 0 Å². The Morgan fingerprint density at radius 2 is 2.28 bits per heavy atom. The van der Waals surface area contributed by atoms with Crippen LogP contribution in [0.15, 0.2) is 30.7 Å². The van der Waals surface area contributed by atoms with Crippen LogP contribution >= 0.6 is 0 Å². The van der Waals surface area contributed by atoms with Gasteiger partial charge < -0.3 is 9.47 Å².